The molecule has 0 atom stereocenters. The lowest BCUT2D eigenvalue weighted by Gasteiger charge is -2.18. The van der Waals surface area contributed by atoms with Gasteiger partial charge in [-0.15, -0.1) is 0 Å². The molecule has 10 heavy (non-hydrogen) atoms. The van der Waals surface area contributed by atoms with Crippen LogP contribution in [-0.2, 0) is 9.47 Å². The van der Waals surface area contributed by atoms with Crippen LogP contribution < -0.4 is 0 Å². The number of ether oxygens (including phenoxy) is 2. The second-order valence-corrected chi connectivity index (χ2v) is 2.14. The van der Waals surface area contributed by atoms with E-state index in [1.807, 2.05) is 13.1 Å². The lowest BCUT2D eigenvalue weighted by Crippen LogP contribution is -2.22. The zero-order chi connectivity index (χ0) is 7.23. The molecule has 1 rings (SSSR count). The Labute approximate surface area is 61.0 Å². The van der Waals surface area contributed by atoms with Crippen LogP contribution >= 0.6 is 0 Å². The van der Waals surface area contributed by atoms with Gasteiger partial charge in [0.25, 0.3) is 6.41 Å². The molecule has 3 heteroatoms. The van der Waals surface area contributed by atoms with Crippen molar-refractivity contribution < 1.29 is 9.47 Å². The molecule has 0 radical (unpaired) electrons. The third-order valence-electron chi connectivity index (χ3n) is 1.22. The first-order chi connectivity index (χ1) is 4.93. The van der Waals surface area contributed by atoms with Crippen molar-refractivity contribution in [1.82, 2.24) is 0 Å². The summed E-state index contributed by atoms with van der Waals surface area (Å²) in [6, 6.07) is 0. The van der Waals surface area contributed by atoms with Gasteiger partial charge in [-0.3, -0.25) is 0 Å². The zero-order valence-electron chi connectivity index (χ0n) is 6.25. The predicted molar refractivity (Wildman–Crippen MR) is 39.1 cm³/mol. The fourth-order valence-corrected chi connectivity index (χ4v) is 0.753. The highest BCUT2D eigenvalue weighted by Gasteiger charge is 2.10. The minimum atomic E-state index is -0.325. The van der Waals surface area contributed by atoms with Crippen LogP contribution in [0.3, 0.4) is 0 Å². The van der Waals surface area contributed by atoms with Crippen molar-refractivity contribution in [3.05, 3.63) is 0 Å². The van der Waals surface area contributed by atoms with E-state index in [1.165, 1.54) is 0 Å². The van der Waals surface area contributed by atoms with Crippen molar-refractivity contribution in [2.45, 2.75) is 26.2 Å². The highest BCUT2D eigenvalue weighted by molar-refractivity contribution is 5.56. The molecule has 0 unspecified atom stereocenters. The summed E-state index contributed by atoms with van der Waals surface area (Å²) in [5.74, 6) is 0. The zero-order valence-corrected chi connectivity index (χ0v) is 6.25. The number of hydrogen-bond donors (Lipinski definition) is 0. The Morgan fingerprint density at radius 3 is 2.80 bits per heavy atom. The highest BCUT2D eigenvalue weighted by Crippen LogP contribution is 2.04. The van der Waals surface area contributed by atoms with Crippen LogP contribution in [0.25, 0.3) is 0 Å². The molecule has 0 saturated carbocycles. The molecule has 1 saturated heterocycles. The fourth-order valence-electron chi connectivity index (χ4n) is 0.753. The number of rotatable bonds is 2. The normalized spacial score (nSPS) is 22.1. The Morgan fingerprint density at radius 1 is 1.50 bits per heavy atom. The molecule has 1 aliphatic rings. The largest absolute Gasteiger partial charge is 0.334 e. The molecule has 0 aromatic heterocycles. The van der Waals surface area contributed by atoms with Crippen LogP contribution in [0.5, 0.6) is 0 Å². The smallest absolute Gasteiger partial charge is 0.257 e. The molecule has 0 aromatic rings. The average molecular weight is 143 g/mol. The standard InChI is InChI=1S/C7H13NO2/c1-2-4-8-7-9-5-3-6-10-7/h4,7H,2-3,5-6H2,1H3/b8-4+. The number of nitrogens with zero attached hydrogens (tertiary/aromatic N) is 1. The maximum Gasteiger partial charge on any atom is 0.257 e. The van der Waals surface area contributed by atoms with E-state index in [1.54, 1.807) is 0 Å². The SMILES string of the molecule is CC/C=N/C1OCCCO1. The van der Waals surface area contributed by atoms with Gasteiger partial charge in [0.2, 0.25) is 0 Å². The summed E-state index contributed by atoms with van der Waals surface area (Å²) >= 11 is 0. The first-order valence-electron chi connectivity index (χ1n) is 3.68. The van der Waals surface area contributed by atoms with Crippen LogP contribution in [0.4, 0.5) is 0 Å². The lowest BCUT2D eigenvalue weighted by molar-refractivity contribution is -0.172. The maximum atomic E-state index is 5.16. The van der Waals surface area contributed by atoms with E-state index < -0.39 is 0 Å². The van der Waals surface area contributed by atoms with Gasteiger partial charge in [0.05, 0.1) is 13.2 Å². The minimum absolute atomic E-state index is 0.325. The Bertz CT molecular complexity index is 108. The Morgan fingerprint density at radius 2 is 2.20 bits per heavy atom. The van der Waals surface area contributed by atoms with E-state index >= 15 is 0 Å². The molecule has 1 aliphatic heterocycles. The van der Waals surface area contributed by atoms with Crippen LogP contribution in [0.2, 0.25) is 0 Å². The summed E-state index contributed by atoms with van der Waals surface area (Å²) in [6.45, 7) is 3.57. The van der Waals surface area contributed by atoms with Crippen LogP contribution in [0, 0.1) is 0 Å². The average Bonchev–Trinajstić information content (AvgIpc) is 2.03. The number of hydrogen-bond acceptors (Lipinski definition) is 3. The lowest BCUT2D eigenvalue weighted by atomic mass is 10.5. The summed E-state index contributed by atoms with van der Waals surface area (Å²) in [4.78, 5) is 4.03. The third-order valence-corrected chi connectivity index (χ3v) is 1.22. The first-order valence-corrected chi connectivity index (χ1v) is 3.68. The molecule has 1 fully saturated rings. The van der Waals surface area contributed by atoms with E-state index in [4.69, 9.17) is 9.47 Å². The molecule has 0 bridgehead atoms. The predicted octanol–water partition coefficient (Wildman–Crippen LogP) is 1.19. The van der Waals surface area contributed by atoms with Crippen molar-refractivity contribution >= 4 is 6.21 Å². The second kappa shape index (κ2) is 4.41. The van der Waals surface area contributed by atoms with Crippen molar-refractivity contribution in [2.24, 2.45) is 4.99 Å². The van der Waals surface area contributed by atoms with Crippen LogP contribution in [0.1, 0.15) is 19.8 Å². The highest BCUT2D eigenvalue weighted by atomic mass is 16.7. The Balaban J connectivity index is 2.19. The van der Waals surface area contributed by atoms with Gasteiger partial charge in [0.15, 0.2) is 0 Å². The van der Waals surface area contributed by atoms with Gasteiger partial charge in [-0.05, 0) is 12.8 Å². The Kier molecular flexibility index (Phi) is 3.40. The molecule has 0 N–H and O–H groups in total. The van der Waals surface area contributed by atoms with Crippen molar-refractivity contribution in [3.8, 4) is 0 Å². The molecule has 1 heterocycles. The van der Waals surface area contributed by atoms with Crippen molar-refractivity contribution in [2.75, 3.05) is 13.2 Å². The Hall–Kier alpha value is -0.410. The monoisotopic (exact) mass is 143 g/mol. The summed E-state index contributed by atoms with van der Waals surface area (Å²) in [6.07, 6.45) is 3.41. The second-order valence-electron chi connectivity index (χ2n) is 2.14. The molecular weight excluding hydrogens is 130 g/mol. The summed E-state index contributed by atoms with van der Waals surface area (Å²) in [5, 5.41) is 0. The van der Waals surface area contributed by atoms with E-state index in [2.05, 4.69) is 4.99 Å². The summed E-state index contributed by atoms with van der Waals surface area (Å²) < 4.78 is 10.3. The molecule has 0 amide bonds. The van der Waals surface area contributed by atoms with Gasteiger partial charge in [0.1, 0.15) is 0 Å². The summed E-state index contributed by atoms with van der Waals surface area (Å²) in [5.41, 5.74) is 0. The topological polar surface area (TPSA) is 30.8 Å². The maximum absolute atomic E-state index is 5.16. The number of aliphatic imine (C=N–C) groups is 1. The molecular formula is C7H13NO2. The van der Waals surface area contributed by atoms with Crippen molar-refractivity contribution in [1.29, 1.82) is 0 Å². The first kappa shape index (κ1) is 7.69. The van der Waals surface area contributed by atoms with E-state index in [-0.39, 0.29) is 6.41 Å². The van der Waals surface area contributed by atoms with Gasteiger partial charge < -0.3 is 9.47 Å². The molecule has 58 valence electrons. The summed E-state index contributed by atoms with van der Waals surface area (Å²) in [7, 11) is 0. The molecule has 3 nitrogen and oxygen atoms in total. The fraction of sp³-hybridized carbons (Fsp3) is 0.857. The van der Waals surface area contributed by atoms with E-state index in [0.717, 1.165) is 26.1 Å². The van der Waals surface area contributed by atoms with Gasteiger partial charge >= 0.3 is 0 Å². The van der Waals surface area contributed by atoms with E-state index in [0.29, 0.717) is 0 Å². The molecule has 0 aromatic carbocycles. The van der Waals surface area contributed by atoms with Gasteiger partial charge in [-0.1, -0.05) is 6.92 Å². The van der Waals surface area contributed by atoms with Crippen LogP contribution in [0.15, 0.2) is 4.99 Å². The van der Waals surface area contributed by atoms with Gasteiger partial charge in [-0.2, -0.15) is 0 Å². The third kappa shape index (κ3) is 2.45. The minimum Gasteiger partial charge on any atom is -0.334 e. The van der Waals surface area contributed by atoms with Crippen LogP contribution in [-0.4, -0.2) is 25.8 Å². The molecule has 0 spiro atoms. The quantitative estimate of drug-likeness (QED) is 0.543. The van der Waals surface area contributed by atoms with Crippen molar-refractivity contribution in [3.63, 3.8) is 0 Å². The van der Waals surface area contributed by atoms with Gasteiger partial charge in [-0.25, -0.2) is 4.99 Å². The molecule has 0 aliphatic carbocycles. The van der Waals surface area contributed by atoms with E-state index in [9.17, 15) is 0 Å². The van der Waals surface area contributed by atoms with Gasteiger partial charge in [0, 0.05) is 6.21 Å².